The summed E-state index contributed by atoms with van der Waals surface area (Å²) < 4.78 is 39.6. The van der Waals surface area contributed by atoms with Gasteiger partial charge in [0.15, 0.2) is 0 Å². The molecule has 1 aliphatic rings. The summed E-state index contributed by atoms with van der Waals surface area (Å²) in [5.41, 5.74) is 4.86. The minimum Gasteiger partial charge on any atom is -0.370 e. The van der Waals surface area contributed by atoms with Crippen molar-refractivity contribution in [3.05, 3.63) is 179 Å². The van der Waals surface area contributed by atoms with Gasteiger partial charge in [0.1, 0.15) is 6.04 Å². The normalized spacial score (nSPS) is 14.2. The highest BCUT2D eigenvalue weighted by atomic mass is 19.4. The van der Waals surface area contributed by atoms with E-state index in [1.807, 2.05) is 103 Å². The van der Waals surface area contributed by atoms with Crippen LogP contribution in [-0.4, -0.2) is 65.8 Å². The molecule has 1 saturated heterocycles. The van der Waals surface area contributed by atoms with Crippen LogP contribution in [0.1, 0.15) is 33.4 Å². The van der Waals surface area contributed by atoms with Gasteiger partial charge in [-0.05, 0) is 58.2 Å². The Bertz CT molecular complexity index is 1960. The maximum absolute atomic E-state index is 14.6. The van der Waals surface area contributed by atoms with E-state index in [1.165, 1.54) is 35.4 Å². The van der Waals surface area contributed by atoms with E-state index in [2.05, 4.69) is 34.1 Å². The first-order valence-corrected chi connectivity index (χ1v) is 18.2. The number of alkyl halides is 3. The molecule has 1 aliphatic heterocycles. The number of benzene rings is 5. The quantitative estimate of drug-likeness (QED) is 0.114. The molecule has 0 spiro atoms. The largest absolute Gasteiger partial charge is 0.416 e. The zero-order valence-corrected chi connectivity index (χ0v) is 30.4. The number of hydrogen-bond donors (Lipinski definition) is 0. The van der Waals surface area contributed by atoms with Crippen molar-refractivity contribution in [3.63, 3.8) is 0 Å². The van der Waals surface area contributed by atoms with Crippen LogP contribution in [0.25, 0.3) is 6.08 Å². The SMILES string of the molecule is CN(Cc1ccccc1)c1ccc(CN(C(=O)/C=C/c2ccc(C(F)(F)F)cc2)[C@@H](Cc2ccccc2)C(=O)N2CCN(Cc3ccccc3)CC2)cc1. The fraction of sp³-hybridized carbons (Fsp3) is 0.244. The van der Waals surface area contributed by atoms with E-state index >= 15 is 0 Å². The van der Waals surface area contributed by atoms with Crippen LogP contribution in [0.4, 0.5) is 18.9 Å². The van der Waals surface area contributed by atoms with Gasteiger partial charge in [0, 0.05) is 71.0 Å². The van der Waals surface area contributed by atoms with Crippen LogP contribution in [0.2, 0.25) is 0 Å². The smallest absolute Gasteiger partial charge is 0.370 e. The molecule has 278 valence electrons. The maximum Gasteiger partial charge on any atom is 0.416 e. The van der Waals surface area contributed by atoms with Gasteiger partial charge in [-0.15, -0.1) is 0 Å². The standard InChI is InChI=1S/C45H45F3N4O2/c1-49(32-37-13-7-3-8-14-37)41-24-19-39(20-25-41)34-52(43(53)26-21-35-17-22-40(23-18-35)45(46,47)48)42(31-36-11-5-2-6-12-36)44(54)51-29-27-50(28-30-51)33-38-15-9-4-10-16-38/h2-26,42H,27-34H2,1H3/b26-21+/t42-/m0/s1. The number of anilines is 1. The monoisotopic (exact) mass is 730 g/mol. The fourth-order valence-electron chi connectivity index (χ4n) is 6.74. The molecular weight excluding hydrogens is 686 g/mol. The number of amides is 2. The van der Waals surface area contributed by atoms with Crippen LogP contribution >= 0.6 is 0 Å². The van der Waals surface area contributed by atoms with Gasteiger partial charge in [-0.1, -0.05) is 115 Å². The minimum atomic E-state index is -4.46. The number of hydrogen-bond acceptors (Lipinski definition) is 4. The molecule has 0 bridgehead atoms. The van der Waals surface area contributed by atoms with Crippen molar-refractivity contribution in [1.82, 2.24) is 14.7 Å². The molecule has 1 heterocycles. The van der Waals surface area contributed by atoms with Crippen molar-refractivity contribution in [3.8, 4) is 0 Å². The fourth-order valence-corrected chi connectivity index (χ4v) is 6.74. The Morgan fingerprint density at radius 1 is 0.667 bits per heavy atom. The van der Waals surface area contributed by atoms with E-state index in [-0.39, 0.29) is 12.5 Å². The third-order valence-corrected chi connectivity index (χ3v) is 9.80. The van der Waals surface area contributed by atoms with Crippen LogP contribution in [0.15, 0.2) is 146 Å². The van der Waals surface area contributed by atoms with Crippen molar-refractivity contribution < 1.29 is 22.8 Å². The lowest BCUT2D eigenvalue weighted by Crippen LogP contribution is -2.56. The maximum atomic E-state index is 14.6. The molecule has 1 atom stereocenters. The lowest BCUT2D eigenvalue weighted by atomic mass is 10.0. The Morgan fingerprint density at radius 2 is 1.20 bits per heavy atom. The molecule has 54 heavy (non-hydrogen) atoms. The molecule has 0 aromatic heterocycles. The minimum absolute atomic E-state index is 0.131. The van der Waals surface area contributed by atoms with E-state index in [0.717, 1.165) is 42.0 Å². The predicted octanol–water partition coefficient (Wildman–Crippen LogP) is 8.34. The van der Waals surface area contributed by atoms with Crippen molar-refractivity contribution >= 4 is 23.6 Å². The van der Waals surface area contributed by atoms with Gasteiger partial charge in [0.05, 0.1) is 5.56 Å². The number of rotatable bonds is 13. The molecule has 5 aromatic rings. The number of halogens is 3. The van der Waals surface area contributed by atoms with E-state index in [9.17, 15) is 22.8 Å². The summed E-state index contributed by atoms with van der Waals surface area (Å²) in [4.78, 5) is 36.8. The Morgan fingerprint density at radius 3 is 1.78 bits per heavy atom. The first-order valence-electron chi connectivity index (χ1n) is 18.2. The van der Waals surface area contributed by atoms with E-state index < -0.39 is 23.7 Å². The molecule has 5 aromatic carbocycles. The Labute approximate surface area is 315 Å². The Hall–Kier alpha value is -5.67. The summed E-state index contributed by atoms with van der Waals surface area (Å²) in [5, 5.41) is 0. The number of carbonyl (C=O) groups is 2. The van der Waals surface area contributed by atoms with Crippen LogP contribution < -0.4 is 4.90 Å². The third-order valence-electron chi connectivity index (χ3n) is 9.80. The Balaban J connectivity index is 1.26. The highest BCUT2D eigenvalue weighted by Gasteiger charge is 2.34. The first-order chi connectivity index (χ1) is 26.1. The zero-order chi connectivity index (χ0) is 37.9. The second-order valence-corrected chi connectivity index (χ2v) is 13.7. The molecule has 6 rings (SSSR count). The van der Waals surface area contributed by atoms with Gasteiger partial charge >= 0.3 is 6.18 Å². The third kappa shape index (κ3) is 10.5. The van der Waals surface area contributed by atoms with Gasteiger partial charge in [-0.3, -0.25) is 14.5 Å². The number of nitrogens with zero attached hydrogens (tertiary/aromatic N) is 4. The first kappa shape index (κ1) is 38.1. The van der Waals surface area contributed by atoms with Crippen molar-refractivity contribution in [2.75, 3.05) is 38.1 Å². The van der Waals surface area contributed by atoms with Gasteiger partial charge in [0.2, 0.25) is 11.8 Å². The molecule has 9 heteroatoms. The molecule has 0 unspecified atom stereocenters. The topological polar surface area (TPSA) is 47.1 Å². The molecule has 0 aliphatic carbocycles. The van der Waals surface area contributed by atoms with E-state index in [0.29, 0.717) is 38.2 Å². The summed E-state index contributed by atoms with van der Waals surface area (Å²) in [6, 6.07) is 41.9. The predicted molar refractivity (Wildman–Crippen MR) is 208 cm³/mol. The molecule has 6 nitrogen and oxygen atoms in total. The summed E-state index contributed by atoms with van der Waals surface area (Å²) in [6.07, 6.45) is -1.29. The zero-order valence-electron chi connectivity index (χ0n) is 30.4. The second kappa shape index (κ2) is 17.9. The molecule has 1 fully saturated rings. The average molecular weight is 731 g/mol. The van der Waals surface area contributed by atoms with Crippen LogP contribution in [0, 0.1) is 0 Å². The molecule has 0 saturated carbocycles. The summed E-state index contributed by atoms with van der Waals surface area (Å²) >= 11 is 0. The highest BCUT2D eigenvalue weighted by Crippen LogP contribution is 2.29. The Kier molecular flexibility index (Phi) is 12.6. The van der Waals surface area contributed by atoms with Gasteiger partial charge in [-0.25, -0.2) is 0 Å². The lowest BCUT2D eigenvalue weighted by molar-refractivity contribution is -0.145. The van der Waals surface area contributed by atoms with Crippen LogP contribution in [0.5, 0.6) is 0 Å². The average Bonchev–Trinajstić information content (AvgIpc) is 3.19. The van der Waals surface area contributed by atoms with Crippen molar-refractivity contribution in [2.45, 2.75) is 38.3 Å². The summed E-state index contributed by atoms with van der Waals surface area (Å²) in [5.74, 6) is -0.536. The molecule has 0 N–H and O–H groups in total. The van der Waals surface area contributed by atoms with Crippen LogP contribution in [0.3, 0.4) is 0 Å². The van der Waals surface area contributed by atoms with Crippen molar-refractivity contribution in [1.29, 1.82) is 0 Å². The van der Waals surface area contributed by atoms with Gasteiger partial charge in [0.25, 0.3) is 0 Å². The van der Waals surface area contributed by atoms with Gasteiger partial charge in [-0.2, -0.15) is 13.2 Å². The van der Waals surface area contributed by atoms with E-state index in [1.54, 1.807) is 4.90 Å². The van der Waals surface area contributed by atoms with E-state index in [4.69, 9.17) is 0 Å². The number of carbonyl (C=O) groups excluding carboxylic acids is 2. The lowest BCUT2D eigenvalue weighted by Gasteiger charge is -2.39. The summed E-state index contributed by atoms with van der Waals surface area (Å²) in [6.45, 7) is 4.16. The summed E-state index contributed by atoms with van der Waals surface area (Å²) in [7, 11) is 2.03. The second-order valence-electron chi connectivity index (χ2n) is 13.7. The molecule has 2 amide bonds. The molecule has 0 radical (unpaired) electrons. The molecular formula is C45H45F3N4O2. The number of piperazine rings is 1. The van der Waals surface area contributed by atoms with Gasteiger partial charge < -0.3 is 14.7 Å². The highest BCUT2D eigenvalue weighted by molar-refractivity contribution is 5.95. The van der Waals surface area contributed by atoms with Crippen molar-refractivity contribution in [2.24, 2.45) is 0 Å². The van der Waals surface area contributed by atoms with Crippen LogP contribution in [-0.2, 0) is 41.8 Å².